The number of rotatable bonds is 1. The first-order chi connectivity index (χ1) is 9.47. The van der Waals surface area contributed by atoms with Crippen molar-refractivity contribution >= 4 is 39.5 Å². The molecule has 0 saturated heterocycles. The molecule has 0 bridgehead atoms. The van der Waals surface area contributed by atoms with Gasteiger partial charge in [-0.1, -0.05) is 5.16 Å². The molecule has 0 fully saturated rings. The molecular weight excluding hydrogens is 340 g/mol. The summed E-state index contributed by atoms with van der Waals surface area (Å²) >= 11 is 7.74. The van der Waals surface area contributed by atoms with Crippen molar-refractivity contribution in [1.29, 1.82) is 0 Å². The number of H-pyrrole nitrogens is 1. The number of hydrogen-bond donors (Lipinski definition) is 2. The largest absolute Gasteiger partial charge is 0.361 e. The first-order valence-corrected chi connectivity index (χ1v) is 7.20. The summed E-state index contributed by atoms with van der Waals surface area (Å²) in [6.07, 6.45) is 0. The predicted octanol–water partition coefficient (Wildman–Crippen LogP) is 3.85. The lowest BCUT2D eigenvalue weighted by Gasteiger charge is -2.07. The van der Waals surface area contributed by atoms with Crippen LogP contribution >= 0.6 is 28.6 Å². The Bertz CT molecular complexity index is 863. The van der Waals surface area contributed by atoms with E-state index in [2.05, 4.69) is 38.7 Å². The second kappa shape index (κ2) is 4.79. The quantitative estimate of drug-likeness (QED) is 0.655. The molecule has 0 radical (unpaired) electrons. The van der Waals surface area contributed by atoms with Crippen molar-refractivity contribution in [3.63, 3.8) is 0 Å². The van der Waals surface area contributed by atoms with Gasteiger partial charge in [0, 0.05) is 15.8 Å². The van der Waals surface area contributed by atoms with E-state index in [1.165, 1.54) is 0 Å². The van der Waals surface area contributed by atoms with Crippen LogP contribution in [0.15, 0.2) is 36.9 Å². The van der Waals surface area contributed by atoms with Crippen LogP contribution in [0.1, 0.15) is 11.5 Å². The summed E-state index contributed by atoms with van der Waals surface area (Å²) in [5, 5.41) is 4.84. The maximum atomic E-state index is 11.7. The minimum atomic E-state index is -0.166. The third-order valence-electron chi connectivity index (χ3n) is 3.22. The SMILES string of the molecule is Cc1noc(C)c1-c1cc(S)c2cc(Br)c(=O)[nH]c2c1. The molecule has 0 atom stereocenters. The van der Waals surface area contributed by atoms with E-state index in [4.69, 9.17) is 4.52 Å². The van der Waals surface area contributed by atoms with Crippen LogP contribution < -0.4 is 5.56 Å². The lowest BCUT2D eigenvalue weighted by atomic mass is 10.0. The highest BCUT2D eigenvalue weighted by molar-refractivity contribution is 9.10. The highest BCUT2D eigenvalue weighted by atomic mass is 79.9. The van der Waals surface area contributed by atoms with Crippen LogP contribution in [0.2, 0.25) is 0 Å². The van der Waals surface area contributed by atoms with E-state index in [0.717, 1.165) is 38.4 Å². The lowest BCUT2D eigenvalue weighted by molar-refractivity contribution is 0.393. The Kier molecular flexibility index (Phi) is 3.22. The van der Waals surface area contributed by atoms with Crippen LogP contribution in [-0.4, -0.2) is 10.1 Å². The Balaban J connectivity index is 2.35. The second-order valence-corrected chi connectivity index (χ2v) is 5.94. The van der Waals surface area contributed by atoms with Crippen molar-refractivity contribution in [3.05, 3.63) is 44.5 Å². The van der Waals surface area contributed by atoms with Gasteiger partial charge in [0.15, 0.2) is 0 Å². The van der Waals surface area contributed by atoms with Crippen LogP contribution in [0.4, 0.5) is 0 Å². The lowest BCUT2D eigenvalue weighted by Crippen LogP contribution is -2.06. The average Bonchev–Trinajstić information content (AvgIpc) is 2.71. The highest BCUT2D eigenvalue weighted by Crippen LogP contribution is 2.32. The minimum absolute atomic E-state index is 0.166. The molecule has 6 heteroatoms. The number of hydrogen-bond acceptors (Lipinski definition) is 4. The summed E-state index contributed by atoms with van der Waals surface area (Å²) < 4.78 is 5.68. The molecule has 2 heterocycles. The standard InChI is InChI=1S/C14H11BrN2O2S/c1-6-13(7(2)19-17-6)8-3-11-9(12(20)4-8)5-10(15)14(18)16-11/h3-5,20H,1-2H3,(H,16,18). The summed E-state index contributed by atoms with van der Waals surface area (Å²) in [6, 6.07) is 5.63. The summed E-state index contributed by atoms with van der Waals surface area (Å²) in [6.45, 7) is 3.75. The number of benzene rings is 1. The number of aryl methyl sites for hydroxylation is 2. The maximum Gasteiger partial charge on any atom is 0.262 e. The minimum Gasteiger partial charge on any atom is -0.361 e. The Morgan fingerprint density at radius 1 is 1.30 bits per heavy atom. The Labute approximate surface area is 128 Å². The summed E-state index contributed by atoms with van der Waals surface area (Å²) in [5.41, 5.74) is 3.25. The zero-order valence-electron chi connectivity index (χ0n) is 10.8. The molecule has 20 heavy (non-hydrogen) atoms. The first kappa shape index (κ1) is 13.5. The Morgan fingerprint density at radius 3 is 2.70 bits per heavy atom. The van der Waals surface area contributed by atoms with Gasteiger partial charge in [-0.25, -0.2) is 0 Å². The van der Waals surface area contributed by atoms with Gasteiger partial charge in [-0.15, -0.1) is 12.6 Å². The Hall–Kier alpha value is -1.53. The van der Waals surface area contributed by atoms with Crippen LogP contribution in [0.5, 0.6) is 0 Å². The van der Waals surface area contributed by atoms with Crippen molar-refractivity contribution in [2.75, 3.05) is 0 Å². The molecule has 0 spiro atoms. The molecular formula is C14H11BrN2O2S. The van der Waals surface area contributed by atoms with E-state index < -0.39 is 0 Å². The van der Waals surface area contributed by atoms with Gasteiger partial charge in [0.25, 0.3) is 5.56 Å². The van der Waals surface area contributed by atoms with E-state index in [0.29, 0.717) is 4.47 Å². The molecule has 4 nitrogen and oxygen atoms in total. The summed E-state index contributed by atoms with van der Waals surface area (Å²) in [7, 11) is 0. The number of aromatic nitrogens is 2. The fourth-order valence-electron chi connectivity index (χ4n) is 2.31. The van der Waals surface area contributed by atoms with Crippen molar-refractivity contribution in [2.24, 2.45) is 0 Å². The fraction of sp³-hybridized carbons (Fsp3) is 0.143. The molecule has 3 rings (SSSR count). The van der Waals surface area contributed by atoms with Crippen molar-refractivity contribution in [1.82, 2.24) is 10.1 Å². The van der Waals surface area contributed by atoms with Crippen LogP contribution in [-0.2, 0) is 0 Å². The molecule has 0 unspecified atom stereocenters. The number of nitrogens with zero attached hydrogens (tertiary/aromatic N) is 1. The molecule has 0 saturated carbocycles. The smallest absolute Gasteiger partial charge is 0.262 e. The van der Waals surface area contributed by atoms with E-state index in [1.54, 1.807) is 6.07 Å². The topological polar surface area (TPSA) is 58.9 Å². The van der Waals surface area contributed by atoms with Gasteiger partial charge in [0.1, 0.15) is 5.76 Å². The third-order valence-corrected chi connectivity index (χ3v) is 4.18. The van der Waals surface area contributed by atoms with Crippen molar-refractivity contribution in [2.45, 2.75) is 18.7 Å². The molecule has 1 aromatic carbocycles. The van der Waals surface area contributed by atoms with Crippen molar-refractivity contribution in [3.8, 4) is 11.1 Å². The molecule has 0 amide bonds. The number of fused-ring (bicyclic) bond motifs is 1. The molecule has 0 aliphatic heterocycles. The van der Waals surface area contributed by atoms with Crippen LogP contribution in [0.3, 0.4) is 0 Å². The highest BCUT2D eigenvalue weighted by Gasteiger charge is 2.14. The molecule has 102 valence electrons. The number of aromatic amines is 1. The van der Waals surface area contributed by atoms with Crippen molar-refractivity contribution < 1.29 is 4.52 Å². The average molecular weight is 351 g/mol. The van der Waals surface area contributed by atoms with Gasteiger partial charge in [0.05, 0.1) is 15.7 Å². The maximum absolute atomic E-state index is 11.7. The van der Waals surface area contributed by atoms with E-state index in [-0.39, 0.29) is 5.56 Å². The molecule has 0 aliphatic rings. The van der Waals surface area contributed by atoms with Crippen LogP contribution in [0, 0.1) is 13.8 Å². The number of pyridine rings is 1. The monoisotopic (exact) mass is 350 g/mol. The zero-order chi connectivity index (χ0) is 14.4. The summed E-state index contributed by atoms with van der Waals surface area (Å²) in [4.78, 5) is 15.3. The molecule has 1 N–H and O–H groups in total. The predicted molar refractivity (Wildman–Crippen MR) is 84.5 cm³/mol. The Morgan fingerprint density at radius 2 is 2.05 bits per heavy atom. The van der Waals surface area contributed by atoms with Gasteiger partial charge in [-0.3, -0.25) is 4.79 Å². The van der Waals surface area contributed by atoms with Crippen LogP contribution in [0.25, 0.3) is 22.0 Å². The zero-order valence-corrected chi connectivity index (χ0v) is 13.3. The van der Waals surface area contributed by atoms with Gasteiger partial charge in [0.2, 0.25) is 0 Å². The third kappa shape index (κ3) is 2.09. The number of halogens is 1. The molecule has 2 aromatic heterocycles. The van der Waals surface area contributed by atoms with Gasteiger partial charge in [-0.2, -0.15) is 0 Å². The van der Waals surface area contributed by atoms with Gasteiger partial charge in [-0.05, 0) is 53.5 Å². The first-order valence-electron chi connectivity index (χ1n) is 5.96. The second-order valence-electron chi connectivity index (χ2n) is 4.60. The number of nitrogens with one attached hydrogen (secondary N) is 1. The normalized spacial score (nSPS) is 11.2. The van der Waals surface area contributed by atoms with E-state index >= 15 is 0 Å². The van der Waals surface area contributed by atoms with E-state index in [1.807, 2.05) is 26.0 Å². The van der Waals surface area contributed by atoms with Gasteiger partial charge < -0.3 is 9.51 Å². The molecule has 3 aromatic rings. The fourth-order valence-corrected chi connectivity index (χ4v) is 2.96. The molecule has 0 aliphatic carbocycles. The van der Waals surface area contributed by atoms with E-state index in [9.17, 15) is 4.79 Å². The summed E-state index contributed by atoms with van der Waals surface area (Å²) in [5.74, 6) is 0.744. The number of thiol groups is 1. The van der Waals surface area contributed by atoms with Gasteiger partial charge >= 0.3 is 0 Å².